The lowest BCUT2D eigenvalue weighted by atomic mass is 10.1. The van der Waals surface area contributed by atoms with E-state index in [4.69, 9.17) is 0 Å². The van der Waals surface area contributed by atoms with Crippen molar-refractivity contribution in [2.24, 2.45) is 0 Å². The summed E-state index contributed by atoms with van der Waals surface area (Å²) in [6.45, 7) is 5.20. The third-order valence-corrected chi connectivity index (χ3v) is 4.83. The topological polar surface area (TPSA) is 50.2 Å². The van der Waals surface area contributed by atoms with Gasteiger partial charge in [-0.05, 0) is 66.5 Å². The van der Waals surface area contributed by atoms with Crippen molar-refractivity contribution in [2.75, 3.05) is 18.4 Å². The number of carbonyl (C=O) groups is 1. The number of amides is 1. The minimum absolute atomic E-state index is 0.0746. The molecule has 1 aliphatic rings. The number of anilines is 1. The Balaban J connectivity index is 1.56. The van der Waals surface area contributed by atoms with Gasteiger partial charge in [-0.25, -0.2) is 0 Å². The quantitative estimate of drug-likeness (QED) is 0.843. The van der Waals surface area contributed by atoms with Crippen molar-refractivity contribution >= 4 is 27.5 Å². The van der Waals surface area contributed by atoms with Crippen LogP contribution >= 0.6 is 15.9 Å². The van der Waals surface area contributed by atoms with E-state index in [9.17, 15) is 4.79 Å². The average molecular weight is 391 g/mol. The Kier molecular flexibility index (Phi) is 5.68. The maximum atomic E-state index is 12.3. The number of halogens is 1. The minimum atomic E-state index is -0.357. The number of aromatic nitrogens is 2. The summed E-state index contributed by atoms with van der Waals surface area (Å²) < 4.78 is 2.51. The first kappa shape index (κ1) is 17.2. The van der Waals surface area contributed by atoms with Crippen LogP contribution in [-0.4, -0.2) is 33.7 Å². The molecule has 1 saturated heterocycles. The zero-order valence-corrected chi connectivity index (χ0v) is 15.5. The van der Waals surface area contributed by atoms with Crippen molar-refractivity contribution in [3.63, 3.8) is 0 Å². The predicted octanol–water partition coefficient (Wildman–Crippen LogP) is 3.83. The van der Waals surface area contributed by atoms with Crippen LogP contribution in [0.1, 0.15) is 37.8 Å². The highest BCUT2D eigenvalue weighted by molar-refractivity contribution is 9.10. The van der Waals surface area contributed by atoms with Crippen LogP contribution in [0, 0.1) is 0 Å². The summed E-state index contributed by atoms with van der Waals surface area (Å²) >= 11 is 3.35. The summed E-state index contributed by atoms with van der Waals surface area (Å²) in [6, 6.07) is 7.79. The van der Waals surface area contributed by atoms with Gasteiger partial charge in [0, 0.05) is 18.4 Å². The molecule has 1 unspecified atom stereocenters. The second-order valence-electron chi connectivity index (χ2n) is 6.34. The second-order valence-corrected chi connectivity index (χ2v) is 7.25. The molecule has 1 amide bonds. The first-order chi connectivity index (χ1) is 11.6. The monoisotopic (exact) mass is 390 g/mol. The van der Waals surface area contributed by atoms with E-state index in [2.05, 4.69) is 43.4 Å². The molecule has 6 heteroatoms. The van der Waals surface area contributed by atoms with Gasteiger partial charge >= 0.3 is 0 Å². The molecule has 2 aromatic rings. The minimum Gasteiger partial charge on any atom is -0.324 e. The van der Waals surface area contributed by atoms with Gasteiger partial charge in [0.15, 0.2) is 0 Å². The number of likely N-dealkylation sites (tertiary alicyclic amines) is 1. The Morgan fingerprint density at radius 1 is 1.25 bits per heavy atom. The molecule has 0 spiro atoms. The SMILES string of the molecule is CC(C(=O)Nc1ccc(CN2CCCCC2)cc1)n1cc(Br)cn1. The molecule has 1 fully saturated rings. The van der Waals surface area contributed by atoms with Crippen LogP contribution in [0.3, 0.4) is 0 Å². The van der Waals surface area contributed by atoms with Gasteiger partial charge < -0.3 is 5.32 Å². The maximum absolute atomic E-state index is 12.3. The zero-order valence-electron chi connectivity index (χ0n) is 13.9. The number of piperidine rings is 1. The van der Waals surface area contributed by atoms with Crippen LogP contribution in [0.25, 0.3) is 0 Å². The van der Waals surface area contributed by atoms with Crippen LogP contribution in [0.15, 0.2) is 41.1 Å². The van der Waals surface area contributed by atoms with Gasteiger partial charge in [-0.15, -0.1) is 0 Å². The normalized spacial score (nSPS) is 16.8. The molecule has 24 heavy (non-hydrogen) atoms. The van der Waals surface area contributed by atoms with Crippen molar-refractivity contribution < 1.29 is 4.79 Å². The van der Waals surface area contributed by atoms with E-state index in [-0.39, 0.29) is 11.9 Å². The second kappa shape index (κ2) is 7.94. The fraction of sp³-hybridized carbons (Fsp3) is 0.444. The molecule has 128 valence electrons. The first-order valence-corrected chi connectivity index (χ1v) is 9.23. The molecule has 0 aliphatic carbocycles. The lowest BCUT2D eigenvalue weighted by Gasteiger charge is -2.26. The van der Waals surface area contributed by atoms with Crippen molar-refractivity contribution in [3.8, 4) is 0 Å². The van der Waals surface area contributed by atoms with E-state index < -0.39 is 0 Å². The summed E-state index contributed by atoms with van der Waals surface area (Å²) in [7, 11) is 0. The molecule has 1 N–H and O–H groups in total. The molecule has 0 saturated carbocycles. The van der Waals surface area contributed by atoms with Crippen LogP contribution in [0.4, 0.5) is 5.69 Å². The van der Waals surface area contributed by atoms with E-state index in [1.54, 1.807) is 17.1 Å². The molecular weight excluding hydrogens is 368 g/mol. The van der Waals surface area contributed by atoms with Crippen LogP contribution < -0.4 is 5.32 Å². The van der Waals surface area contributed by atoms with Gasteiger partial charge in [-0.3, -0.25) is 14.4 Å². The van der Waals surface area contributed by atoms with Crippen LogP contribution in [0.5, 0.6) is 0 Å². The van der Waals surface area contributed by atoms with E-state index in [0.717, 1.165) is 16.7 Å². The molecule has 3 rings (SSSR count). The Bertz CT molecular complexity index is 677. The third-order valence-electron chi connectivity index (χ3n) is 4.42. The highest BCUT2D eigenvalue weighted by Gasteiger charge is 2.16. The number of nitrogens with one attached hydrogen (secondary N) is 1. The number of hydrogen-bond acceptors (Lipinski definition) is 3. The molecule has 2 heterocycles. The summed E-state index contributed by atoms with van der Waals surface area (Å²) in [6.07, 6.45) is 7.43. The smallest absolute Gasteiger partial charge is 0.248 e. The Morgan fingerprint density at radius 2 is 1.96 bits per heavy atom. The first-order valence-electron chi connectivity index (χ1n) is 8.43. The highest BCUT2D eigenvalue weighted by atomic mass is 79.9. The van der Waals surface area contributed by atoms with Crippen molar-refractivity contribution in [1.82, 2.24) is 14.7 Å². The fourth-order valence-electron chi connectivity index (χ4n) is 2.96. The molecule has 1 aromatic heterocycles. The van der Waals surface area contributed by atoms with Gasteiger partial charge in [0.1, 0.15) is 6.04 Å². The van der Waals surface area contributed by atoms with Gasteiger partial charge in [0.05, 0.1) is 10.7 Å². The molecule has 5 nitrogen and oxygen atoms in total. The van der Waals surface area contributed by atoms with Gasteiger partial charge in [0.2, 0.25) is 5.91 Å². The summed E-state index contributed by atoms with van der Waals surface area (Å²) in [5.74, 6) is -0.0746. The summed E-state index contributed by atoms with van der Waals surface area (Å²) in [4.78, 5) is 14.8. The van der Waals surface area contributed by atoms with Gasteiger partial charge in [0.25, 0.3) is 0 Å². The zero-order chi connectivity index (χ0) is 16.9. The maximum Gasteiger partial charge on any atom is 0.248 e. The Morgan fingerprint density at radius 3 is 2.58 bits per heavy atom. The Hall–Kier alpha value is -1.66. The third kappa shape index (κ3) is 4.45. The summed E-state index contributed by atoms with van der Waals surface area (Å²) in [5, 5.41) is 7.11. The van der Waals surface area contributed by atoms with E-state index in [1.165, 1.54) is 37.9 Å². The molecule has 0 radical (unpaired) electrons. The van der Waals surface area contributed by atoms with E-state index in [1.807, 2.05) is 19.1 Å². The van der Waals surface area contributed by atoms with Crippen LogP contribution in [-0.2, 0) is 11.3 Å². The largest absolute Gasteiger partial charge is 0.324 e. The summed E-state index contributed by atoms with van der Waals surface area (Å²) in [5.41, 5.74) is 2.11. The van der Waals surface area contributed by atoms with Crippen molar-refractivity contribution in [2.45, 2.75) is 38.8 Å². The number of hydrogen-bond donors (Lipinski definition) is 1. The molecular formula is C18H23BrN4O. The average Bonchev–Trinajstić information content (AvgIpc) is 3.03. The Labute approximate surface area is 151 Å². The number of rotatable bonds is 5. The van der Waals surface area contributed by atoms with Gasteiger partial charge in [-0.2, -0.15) is 5.10 Å². The molecule has 1 aromatic carbocycles. The van der Waals surface area contributed by atoms with Crippen molar-refractivity contribution in [3.05, 3.63) is 46.7 Å². The number of carbonyl (C=O) groups excluding carboxylic acids is 1. The standard InChI is InChI=1S/C18H23BrN4O/c1-14(23-13-16(19)11-20-23)18(24)21-17-7-5-15(6-8-17)12-22-9-3-2-4-10-22/h5-8,11,13-14H,2-4,9-10,12H2,1H3,(H,21,24). The fourth-order valence-corrected chi connectivity index (χ4v) is 3.26. The number of benzene rings is 1. The lowest BCUT2D eigenvalue weighted by molar-refractivity contribution is -0.119. The molecule has 1 atom stereocenters. The van der Waals surface area contributed by atoms with E-state index >= 15 is 0 Å². The van der Waals surface area contributed by atoms with E-state index in [0.29, 0.717) is 0 Å². The highest BCUT2D eigenvalue weighted by Crippen LogP contribution is 2.17. The predicted molar refractivity (Wildman–Crippen MR) is 98.8 cm³/mol. The van der Waals surface area contributed by atoms with Crippen molar-refractivity contribution in [1.29, 1.82) is 0 Å². The number of nitrogens with zero attached hydrogens (tertiary/aromatic N) is 3. The molecule has 0 bridgehead atoms. The lowest BCUT2D eigenvalue weighted by Crippen LogP contribution is -2.29. The van der Waals surface area contributed by atoms with Crippen LogP contribution in [0.2, 0.25) is 0 Å². The molecule has 1 aliphatic heterocycles. The van der Waals surface area contributed by atoms with Gasteiger partial charge in [-0.1, -0.05) is 18.6 Å².